The third kappa shape index (κ3) is 5.98. The number of rotatable bonds is 9. The van der Waals surface area contributed by atoms with Gasteiger partial charge in [-0.3, -0.25) is 9.59 Å². The van der Waals surface area contributed by atoms with E-state index in [2.05, 4.69) is 58.6 Å². The molecule has 1 aliphatic carbocycles. The zero-order chi connectivity index (χ0) is 24.0. The van der Waals surface area contributed by atoms with Crippen LogP contribution in [0.15, 0.2) is 64.5 Å². The number of carbonyl (C=O) groups excluding carboxylic acids is 1. The summed E-state index contributed by atoms with van der Waals surface area (Å²) >= 11 is 1.51. The first kappa shape index (κ1) is 24.3. The molecule has 0 atom stereocenters. The molecule has 1 aromatic heterocycles. The zero-order valence-corrected chi connectivity index (χ0v) is 20.8. The topological polar surface area (TPSA) is 74.8 Å². The van der Waals surface area contributed by atoms with Crippen LogP contribution in [0.25, 0.3) is 0 Å². The summed E-state index contributed by atoms with van der Waals surface area (Å²) < 4.78 is 0. The van der Waals surface area contributed by atoms with E-state index in [1.54, 1.807) is 0 Å². The highest BCUT2D eigenvalue weighted by Crippen LogP contribution is 2.40. The quantitative estimate of drug-likeness (QED) is 0.328. The van der Waals surface area contributed by atoms with Crippen LogP contribution in [-0.4, -0.2) is 22.4 Å². The maximum Gasteiger partial charge on any atom is 0.254 e. The van der Waals surface area contributed by atoms with Gasteiger partial charge in [0.25, 0.3) is 5.56 Å². The lowest BCUT2D eigenvalue weighted by Crippen LogP contribution is -2.39. The first-order chi connectivity index (χ1) is 16.4. The lowest BCUT2D eigenvalue weighted by atomic mass is 9.78. The van der Waals surface area contributed by atoms with Gasteiger partial charge >= 0.3 is 0 Å². The van der Waals surface area contributed by atoms with Crippen molar-refractivity contribution in [1.82, 2.24) is 15.3 Å². The third-order valence-electron chi connectivity index (χ3n) is 6.84. The molecule has 0 bridgehead atoms. The molecular formula is C28H33N3O2S. The van der Waals surface area contributed by atoms with Crippen LogP contribution >= 0.6 is 11.8 Å². The first-order valence-corrected chi connectivity index (χ1v) is 13.0. The van der Waals surface area contributed by atoms with E-state index in [1.165, 1.54) is 41.3 Å². The van der Waals surface area contributed by atoms with Crippen LogP contribution in [0.3, 0.4) is 0 Å². The minimum absolute atomic E-state index is 0.0137. The number of nitrogens with zero attached hydrogens (tertiary/aromatic N) is 1. The summed E-state index contributed by atoms with van der Waals surface area (Å²) in [5, 5.41) is 3.78. The number of hydrogen-bond acceptors (Lipinski definition) is 4. The Labute approximate surface area is 205 Å². The molecule has 1 saturated carbocycles. The van der Waals surface area contributed by atoms with Crippen molar-refractivity contribution in [2.24, 2.45) is 0 Å². The summed E-state index contributed by atoms with van der Waals surface area (Å²) in [6, 6.07) is 18.8. The molecule has 1 amide bonds. The molecule has 5 nitrogen and oxygen atoms in total. The zero-order valence-electron chi connectivity index (χ0n) is 20.0. The number of thioether (sulfide) groups is 1. The van der Waals surface area contributed by atoms with Crippen molar-refractivity contribution < 1.29 is 4.79 Å². The molecule has 178 valence electrons. The molecule has 0 aliphatic heterocycles. The van der Waals surface area contributed by atoms with Gasteiger partial charge in [-0.15, -0.1) is 0 Å². The van der Waals surface area contributed by atoms with Gasteiger partial charge in [0.2, 0.25) is 5.91 Å². The lowest BCUT2D eigenvalue weighted by Gasteiger charge is -2.30. The van der Waals surface area contributed by atoms with Crippen molar-refractivity contribution in [1.29, 1.82) is 0 Å². The molecule has 1 aliphatic rings. The molecule has 0 radical (unpaired) electrons. The highest BCUT2D eigenvalue weighted by atomic mass is 32.2. The van der Waals surface area contributed by atoms with E-state index in [-0.39, 0.29) is 23.3 Å². The number of aromatic amines is 1. The number of aryl methyl sites for hydroxylation is 2. The number of nitrogens with one attached hydrogen (secondary N) is 2. The standard InChI is InChI=1S/C28H33N3O2S/c1-20-9-8-12-23(17-20)28(15-6-7-16-28)19-29-25(32)14-13-24-21(2)30-27(31-26(24)33)34-18-22-10-4-3-5-11-22/h3-5,8-12,17H,6-7,13-16,18-19H2,1-2H3,(H,29,32)(H,30,31,33). The predicted octanol–water partition coefficient (Wildman–Crippen LogP) is 5.24. The number of amides is 1. The second kappa shape index (κ2) is 11.0. The molecular weight excluding hydrogens is 442 g/mol. The molecule has 4 rings (SSSR count). The van der Waals surface area contributed by atoms with Crippen LogP contribution < -0.4 is 10.9 Å². The maximum absolute atomic E-state index is 12.7. The van der Waals surface area contributed by atoms with E-state index in [0.29, 0.717) is 29.4 Å². The van der Waals surface area contributed by atoms with E-state index in [4.69, 9.17) is 0 Å². The summed E-state index contributed by atoms with van der Waals surface area (Å²) in [6.07, 6.45) is 5.26. The Morgan fingerprint density at radius 2 is 1.85 bits per heavy atom. The van der Waals surface area contributed by atoms with Crippen LogP contribution in [0.5, 0.6) is 0 Å². The SMILES string of the molecule is Cc1cccc(C2(CNC(=O)CCc3c(C)nc(SCc4ccccc4)[nH]c3=O)CCCC2)c1. The minimum Gasteiger partial charge on any atom is -0.355 e. The molecule has 2 aromatic carbocycles. The highest BCUT2D eigenvalue weighted by molar-refractivity contribution is 7.98. The van der Waals surface area contributed by atoms with Gasteiger partial charge in [-0.05, 0) is 44.2 Å². The van der Waals surface area contributed by atoms with E-state index < -0.39 is 0 Å². The van der Waals surface area contributed by atoms with E-state index in [9.17, 15) is 9.59 Å². The molecule has 34 heavy (non-hydrogen) atoms. The monoisotopic (exact) mass is 475 g/mol. The Kier molecular flexibility index (Phi) is 7.88. The van der Waals surface area contributed by atoms with Gasteiger partial charge in [0.15, 0.2) is 5.16 Å². The molecule has 3 aromatic rings. The Balaban J connectivity index is 1.34. The van der Waals surface area contributed by atoms with Gasteiger partial charge in [0, 0.05) is 35.4 Å². The highest BCUT2D eigenvalue weighted by Gasteiger charge is 2.35. The van der Waals surface area contributed by atoms with Gasteiger partial charge in [-0.2, -0.15) is 0 Å². The van der Waals surface area contributed by atoms with Gasteiger partial charge in [-0.1, -0.05) is 84.8 Å². The smallest absolute Gasteiger partial charge is 0.254 e. The fourth-order valence-corrected chi connectivity index (χ4v) is 5.72. The fraction of sp³-hybridized carbons (Fsp3) is 0.393. The minimum atomic E-state index is -0.150. The summed E-state index contributed by atoms with van der Waals surface area (Å²) in [5.74, 6) is 0.730. The molecule has 0 unspecified atom stereocenters. The maximum atomic E-state index is 12.7. The second-order valence-corrected chi connectivity index (χ2v) is 10.3. The molecule has 0 spiro atoms. The molecule has 6 heteroatoms. The molecule has 0 saturated heterocycles. The summed E-state index contributed by atoms with van der Waals surface area (Å²) in [6.45, 7) is 4.61. The van der Waals surface area contributed by atoms with Crippen LogP contribution in [-0.2, 0) is 22.4 Å². The average Bonchev–Trinajstić information content (AvgIpc) is 3.32. The Hall–Kier alpha value is -2.86. The summed E-state index contributed by atoms with van der Waals surface area (Å²) in [4.78, 5) is 32.8. The molecule has 1 fully saturated rings. The van der Waals surface area contributed by atoms with E-state index in [1.807, 2.05) is 25.1 Å². The van der Waals surface area contributed by atoms with Crippen molar-refractivity contribution in [2.75, 3.05) is 6.54 Å². The van der Waals surface area contributed by atoms with Crippen LogP contribution in [0.1, 0.15) is 60.1 Å². The number of H-pyrrole nitrogens is 1. The average molecular weight is 476 g/mol. The van der Waals surface area contributed by atoms with E-state index >= 15 is 0 Å². The van der Waals surface area contributed by atoms with Crippen molar-refractivity contribution in [3.63, 3.8) is 0 Å². The molecule has 1 heterocycles. The van der Waals surface area contributed by atoms with Crippen LogP contribution in [0, 0.1) is 13.8 Å². The number of carbonyl (C=O) groups is 1. The van der Waals surface area contributed by atoms with Crippen LogP contribution in [0.2, 0.25) is 0 Å². The van der Waals surface area contributed by atoms with Gasteiger partial charge in [0.1, 0.15) is 0 Å². The third-order valence-corrected chi connectivity index (χ3v) is 7.78. The normalized spacial score (nSPS) is 14.8. The Bertz CT molecular complexity index is 1180. The van der Waals surface area contributed by atoms with Gasteiger partial charge in [0.05, 0.1) is 0 Å². The predicted molar refractivity (Wildman–Crippen MR) is 138 cm³/mol. The van der Waals surface area contributed by atoms with Crippen LogP contribution in [0.4, 0.5) is 0 Å². The van der Waals surface area contributed by atoms with Gasteiger partial charge < -0.3 is 10.3 Å². The van der Waals surface area contributed by atoms with Crippen molar-refractivity contribution >= 4 is 17.7 Å². The largest absolute Gasteiger partial charge is 0.355 e. The first-order valence-electron chi connectivity index (χ1n) is 12.1. The van der Waals surface area contributed by atoms with E-state index in [0.717, 1.165) is 18.6 Å². The molecule has 2 N–H and O–H groups in total. The van der Waals surface area contributed by atoms with Crippen molar-refractivity contribution in [3.05, 3.63) is 92.9 Å². The van der Waals surface area contributed by atoms with Crippen molar-refractivity contribution in [3.8, 4) is 0 Å². The lowest BCUT2D eigenvalue weighted by molar-refractivity contribution is -0.121. The summed E-state index contributed by atoms with van der Waals surface area (Å²) in [5.41, 5.74) is 4.91. The Morgan fingerprint density at radius 1 is 1.09 bits per heavy atom. The Morgan fingerprint density at radius 3 is 2.56 bits per heavy atom. The van der Waals surface area contributed by atoms with Crippen molar-refractivity contribution in [2.45, 2.75) is 68.7 Å². The fourth-order valence-electron chi connectivity index (χ4n) is 4.86. The van der Waals surface area contributed by atoms with Gasteiger partial charge in [-0.25, -0.2) is 4.98 Å². The second-order valence-electron chi connectivity index (χ2n) is 9.34. The number of benzene rings is 2. The summed E-state index contributed by atoms with van der Waals surface area (Å²) in [7, 11) is 0. The number of hydrogen-bond donors (Lipinski definition) is 2. The number of aromatic nitrogens is 2.